The molecule has 0 aromatic heterocycles. The summed E-state index contributed by atoms with van der Waals surface area (Å²) in [6.07, 6.45) is 0.554. The summed E-state index contributed by atoms with van der Waals surface area (Å²) in [5.41, 5.74) is 0. The van der Waals surface area contributed by atoms with Gasteiger partial charge in [-0.05, 0) is 31.2 Å². The van der Waals surface area contributed by atoms with Gasteiger partial charge in [0.25, 0.3) is 0 Å². The van der Waals surface area contributed by atoms with E-state index in [2.05, 4.69) is 5.32 Å². The molecule has 0 saturated carbocycles. The van der Waals surface area contributed by atoms with Gasteiger partial charge in [0.2, 0.25) is 0 Å². The zero-order valence-electron chi connectivity index (χ0n) is 9.95. The summed E-state index contributed by atoms with van der Waals surface area (Å²) in [5, 5.41) is 13.1. The number of halogens is 2. The Balaban J connectivity index is 2.47. The lowest BCUT2D eigenvalue weighted by atomic mass is 10.2. The lowest BCUT2D eigenvalue weighted by molar-refractivity contribution is -0.139. The van der Waals surface area contributed by atoms with Gasteiger partial charge in [0.05, 0.1) is 0 Å². The largest absolute Gasteiger partial charge is 0.480 e. The predicted octanol–water partition coefficient (Wildman–Crippen LogP) is 3.54. The zero-order chi connectivity index (χ0) is 13.5. The Morgan fingerprint density at radius 3 is 2.50 bits per heavy atom. The molecule has 100 valence electrons. The number of thioether (sulfide) groups is 1. The van der Waals surface area contributed by atoms with Crippen LogP contribution in [0.1, 0.15) is 13.3 Å². The van der Waals surface area contributed by atoms with E-state index >= 15 is 0 Å². The highest BCUT2D eigenvalue weighted by Gasteiger charge is 2.15. The van der Waals surface area contributed by atoms with Crippen LogP contribution in [0, 0.1) is 0 Å². The maximum atomic E-state index is 10.9. The molecule has 2 N–H and O–H groups in total. The average Bonchev–Trinajstić information content (AvgIpc) is 2.26. The number of hydrogen-bond donors (Lipinski definition) is 2. The normalized spacial score (nSPS) is 12.4. The van der Waals surface area contributed by atoms with Crippen molar-refractivity contribution in [3.63, 3.8) is 0 Å². The van der Waals surface area contributed by atoms with Crippen molar-refractivity contribution < 1.29 is 9.90 Å². The Bertz CT molecular complexity index is 395. The molecule has 1 aromatic carbocycles. The third-order valence-electron chi connectivity index (χ3n) is 2.26. The number of carboxylic acid groups (broad SMARTS) is 1. The number of nitrogens with one attached hydrogen (secondary N) is 1. The molecule has 0 radical (unpaired) electrons. The first-order chi connectivity index (χ1) is 8.52. The van der Waals surface area contributed by atoms with Crippen molar-refractivity contribution in [3.8, 4) is 0 Å². The smallest absolute Gasteiger partial charge is 0.320 e. The van der Waals surface area contributed by atoms with Gasteiger partial charge in [-0.3, -0.25) is 4.79 Å². The molecule has 6 heteroatoms. The fraction of sp³-hybridized carbons (Fsp3) is 0.417. The summed E-state index contributed by atoms with van der Waals surface area (Å²) < 4.78 is 0. The molecule has 0 fully saturated rings. The van der Waals surface area contributed by atoms with Crippen LogP contribution in [0.4, 0.5) is 0 Å². The molecule has 1 atom stereocenters. The van der Waals surface area contributed by atoms with Gasteiger partial charge in [0.15, 0.2) is 0 Å². The first kappa shape index (κ1) is 15.6. The molecule has 1 aromatic rings. The van der Waals surface area contributed by atoms with Crippen LogP contribution >= 0.6 is 35.0 Å². The van der Waals surface area contributed by atoms with E-state index in [9.17, 15) is 4.79 Å². The van der Waals surface area contributed by atoms with Crippen molar-refractivity contribution in [2.45, 2.75) is 24.3 Å². The van der Waals surface area contributed by atoms with E-state index in [4.69, 9.17) is 28.3 Å². The molecule has 18 heavy (non-hydrogen) atoms. The Morgan fingerprint density at radius 2 is 2.00 bits per heavy atom. The first-order valence-corrected chi connectivity index (χ1v) is 7.32. The van der Waals surface area contributed by atoms with Crippen LogP contribution in [0.25, 0.3) is 0 Å². The second kappa shape index (κ2) is 7.89. The van der Waals surface area contributed by atoms with Crippen molar-refractivity contribution in [3.05, 3.63) is 28.2 Å². The third kappa shape index (κ3) is 5.48. The average molecular weight is 308 g/mol. The molecule has 3 nitrogen and oxygen atoms in total. The molecular formula is C12H15Cl2NO2S. The van der Waals surface area contributed by atoms with E-state index in [1.165, 1.54) is 0 Å². The second-order valence-corrected chi connectivity index (χ2v) is 5.73. The molecule has 0 spiro atoms. The number of aliphatic carboxylic acids is 1. The molecule has 0 bridgehead atoms. The van der Waals surface area contributed by atoms with Crippen LogP contribution in [0.5, 0.6) is 0 Å². The molecular weight excluding hydrogens is 293 g/mol. The van der Waals surface area contributed by atoms with Gasteiger partial charge in [-0.15, -0.1) is 11.8 Å². The lowest BCUT2D eigenvalue weighted by Crippen LogP contribution is -2.36. The van der Waals surface area contributed by atoms with Crippen molar-refractivity contribution in [1.82, 2.24) is 5.32 Å². The summed E-state index contributed by atoms with van der Waals surface area (Å²) in [4.78, 5) is 11.9. The Hall–Kier alpha value is -0.420. The molecule has 0 heterocycles. The molecule has 1 unspecified atom stereocenters. The third-order valence-corrected chi connectivity index (χ3v) is 3.71. The van der Waals surface area contributed by atoms with Crippen molar-refractivity contribution >= 4 is 40.9 Å². The van der Waals surface area contributed by atoms with Crippen molar-refractivity contribution in [1.29, 1.82) is 0 Å². The second-order valence-electron chi connectivity index (χ2n) is 3.69. The van der Waals surface area contributed by atoms with Crippen molar-refractivity contribution in [2.24, 2.45) is 0 Å². The highest BCUT2D eigenvalue weighted by atomic mass is 35.5. The minimum Gasteiger partial charge on any atom is -0.480 e. The van der Waals surface area contributed by atoms with Gasteiger partial charge in [-0.1, -0.05) is 30.1 Å². The lowest BCUT2D eigenvalue weighted by Gasteiger charge is -2.12. The fourth-order valence-corrected chi connectivity index (χ4v) is 3.13. The van der Waals surface area contributed by atoms with E-state index in [-0.39, 0.29) is 0 Å². The van der Waals surface area contributed by atoms with E-state index in [0.29, 0.717) is 28.8 Å². The first-order valence-electron chi connectivity index (χ1n) is 5.58. The van der Waals surface area contributed by atoms with E-state index in [1.54, 1.807) is 17.8 Å². The molecule has 0 aliphatic heterocycles. The summed E-state index contributed by atoms with van der Waals surface area (Å²) in [5.74, 6) is -0.123. The SMILES string of the molecule is CCNC(CCSc1cc(Cl)cc(Cl)c1)C(=O)O. The number of carbonyl (C=O) groups is 1. The molecule has 1 rings (SSSR count). The topological polar surface area (TPSA) is 49.3 Å². The summed E-state index contributed by atoms with van der Waals surface area (Å²) >= 11 is 13.3. The molecule has 0 aliphatic rings. The zero-order valence-corrected chi connectivity index (χ0v) is 12.3. The van der Waals surface area contributed by atoms with Gasteiger partial charge in [0, 0.05) is 20.7 Å². The maximum absolute atomic E-state index is 10.9. The van der Waals surface area contributed by atoms with Gasteiger partial charge < -0.3 is 10.4 Å². The summed E-state index contributed by atoms with van der Waals surface area (Å²) in [6, 6.07) is 4.81. The molecule has 0 aliphatic carbocycles. The van der Waals surface area contributed by atoms with Crippen LogP contribution in [0.3, 0.4) is 0 Å². The van der Waals surface area contributed by atoms with E-state index in [0.717, 1.165) is 4.90 Å². The van der Waals surface area contributed by atoms with Gasteiger partial charge in [0.1, 0.15) is 6.04 Å². The number of carboxylic acids is 1. The summed E-state index contributed by atoms with van der Waals surface area (Å²) in [6.45, 7) is 2.53. The quantitative estimate of drug-likeness (QED) is 0.757. The predicted molar refractivity (Wildman–Crippen MR) is 76.9 cm³/mol. The highest BCUT2D eigenvalue weighted by molar-refractivity contribution is 7.99. The number of hydrogen-bond acceptors (Lipinski definition) is 3. The van der Waals surface area contributed by atoms with Crippen LogP contribution in [0.2, 0.25) is 10.0 Å². The van der Waals surface area contributed by atoms with Crippen molar-refractivity contribution in [2.75, 3.05) is 12.3 Å². The van der Waals surface area contributed by atoms with Gasteiger partial charge >= 0.3 is 5.97 Å². The molecule has 0 amide bonds. The van der Waals surface area contributed by atoms with Crippen LogP contribution in [-0.2, 0) is 4.79 Å². The van der Waals surface area contributed by atoms with Gasteiger partial charge in [-0.2, -0.15) is 0 Å². The molecule has 0 saturated heterocycles. The van der Waals surface area contributed by atoms with Gasteiger partial charge in [-0.25, -0.2) is 0 Å². The standard InChI is InChI=1S/C12H15Cl2NO2S/c1-2-15-11(12(16)17)3-4-18-10-6-8(13)5-9(14)7-10/h5-7,11,15H,2-4H2,1H3,(H,16,17). The Morgan fingerprint density at radius 1 is 1.39 bits per heavy atom. The monoisotopic (exact) mass is 307 g/mol. The number of likely N-dealkylation sites (N-methyl/N-ethyl adjacent to an activating group) is 1. The van der Waals surface area contributed by atoms with Crippen LogP contribution in [0.15, 0.2) is 23.1 Å². The number of benzene rings is 1. The van der Waals surface area contributed by atoms with E-state index < -0.39 is 12.0 Å². The maximum Gasteiger partial charge on any atom is 0.320 e. The minimum absolute atomic E-state index is 0.503. The Labute approximate surface area is 121 Å². The summed E-state index contributed by atoms with van der Waals surface area (Å²) in [7, 11) is 0. The fourth-order valence-electron chi connectivity index (χ4n) is 1.47. The highest BCUT2D eigenvalue weighted by Crippen LogP contribution is 2.27. The Kier molecular flexibility index (Phi) is 6.86. The van der Waals surface area contributed by atoms with Crippen LogP contribution < -0.4 is 5.32 Å². The minimum atomic E-state index is -0.818. The number of rotatable bonds is 7. The van der Waals surface area contributed by atoms with Crippen LogP contribution in [-0.4, -0.2) is 29.4 Å². The van der Waals surface area contributed by atoms with E-state index in [1.807, 2.05) is 19.1 Å².